The number of rotatable bonds is 4. The third-order valence-electron chi connectivity index (χ3n) is 4.52. The van der Waals surface area contributed by atoms with E-state index in [0.29, 0.717) is 21.3 Å². The number of likely N-dealkylation sites (tertiary alicyclic amines) is 1. The maximum atomic E-state index is 12.3. The quantitative estimate of drug-likeness (QED) is 0.656. The van der Waals surface area contributed by atoms with Crippen molar-refractivity contribution >= 4 is 59.6 Å². The third kappa shape index (κ3) is 6.44. The number of piperidine rings is 1. The lowest BCUT2D eigenvalue weighted by Crippen LogP contribution is -2.44. The summed E-state index contributed by atoms with van der Waals surface area (Å²) in [6.07, 6.45) is 1.83. The average Bonchev–Trinajstić information content (AvgIpc) is 2.60. The van der Waals surface area contributed by atoms with Crippen molar-refractivity contribution in [3.8, 4) is 0 Å². The van der Waals surface area contributed by atoms with E-state index in [0.717, 1.165) is 38.0 Å². The molecule has 2 aromatic carbocycles. The topological polar surface area (TPSA) is 58.4 Å². The number of anilines is 1. The van der Waals surface area contributed by atoms with Gasteiger partial charge in [-0.2, -0.15) is 0 Å². The second-order valence-corrected chi connectivity index (χ2v) is 7.17. The van der Waals surface area contributed by atoms with Crippen molar-refractivity contribution in [3.05, 3.63) is 63.6 Å². The van der Waals surface area contributed by atoms with Gasteiger partial charge in [-0.25, -0.2) is 0 Å². The first kappa shape index (κ1) is 23.9. The standard InChI is InChI=1S/C19H21Cl2N3O.2ClH/c20-16-6-5-13(11-17(16)21)12-24-9-7-14(8-10-24)23-19(25)15-3-1-2-4-18(15)22;;/h1-6,11,14H,7-10,12,22H2,(H,23,25);2*1H. The number of nitrogens with zero attached hydrogens (tertiary/aromatic N) is 1. The molecule has 0 spiro atoms. The van der Waals surface area contributed by atoms with Crippen molar-refractivity contribution in [3.63, 3.8) is 0 Å². The molecule has 0 unspecified atom stereocenters. The van der Waals surface area contributed by atoms with Crippen molar-refractivity contribution in [1.82, 2.24) is 10.2 Å². The molecule has 0 bridgehead atoms. The van der Waals surface area contributed by atoms with E-state index >= 15 is 0 Å². The molecule has 1 aliphatic heterocycles. The lowest BCUT2D eigenvalue weighted by Gasteiger charge is -2.32. The number of nitrogen functional groups attached to an aromatic ring is 1. The van der Waals surface area contributed by atoms with E-state index < -0.39 is 0 Å². The van der Waals surface area contributed by atoms with Gasteiger partial charge in [0.15, 0.2) is 0 Å². The fraction of sp³-hybridized carbons (Fsp3) is 0.316. The number of carbonyl (C=O) groups is 1. The maximum Gasteiger partial charge on any atom is 0.253 e. The minimum Gasteiger partial charge on any atom is -0.398 e. The molecule has 27 heavy (non-hydrogen) atoms. The Morgan fingerprint density at radius 1 is 1.07 bits per heavy atom. The molecule has 3 N–H and O–H groups in total. The first-order chi connectivity index (χ1) is 12.0. The van der Waals surface area contributed by atoms with Crippen LogP contribution in [-0.2, 0) is 6.54 Å². The van der Waals surface area contributed by atoms with Gasteiger partial charge in [0.1, 0.15) is 0 Å². The van der Waals surface area contributed by atoms with E-state index in [1.807, 2.05) is 30.3 Å². The Morgan fingerprint density at radius 3 is 2.37 bits per heavy atom. The number of hydrogen-bond donors (Lipinski definition) is 2. The second-order valence-electron chi connectivity index (χ2n) is 6.36. The molecule has 8 heteroatoms. The molecule has 3 rings (SSSR count). The summed E-state index contributed by atoms with van der Waals surface area (Å²) >= 11 is 12.0. The van der Waals surface area contributed by atoms with Crippen LogP contribution in [0.1, 0.15) is 28.8 Å². The van der Waals surface area contributed by atoms with Crippen molar-refractivity contribution in [2.24, 2.45) is 0 Å². The fourth-order valence-electron chi connectivity index (χ4n) is 3.10. The van der Waals surface area contributed by atoms with Crippen molar-refractivity contribution in [2.75, 3.05) is 18.8 Å². The predicted octanol–water partition coefficient (Wildman–Crippen LogP) is 4.81. The predicted molar refractivity (Wildman–Crippen MR) is 118 cm³/mol. The zero-order valence-electron chi connectivity index (χ0n) is 14.7. The first-order valence-electron chi connectivity index (χ1n) is 8.34. The highest BCUT2D eigenvalue weighted by atomic mass is 35.5. The van der Waals surface area contributed by atoms with Crippen LogP contribution >= 0.6 is 48.0 Å². The van der Waals surface area contributed by atoms with Crippen LogP contribution in [0, 0.1) is 0 Å². The zero-order chi connectivity index (χ0) is 17.8. The average molecular weight is 451 g/mol. The van der Waals surface area contributed by atoms with Gasteiger partial charge in [-0.05, 0) is 42.7 Å². The summed E-state index contributed by atoms with van der Waals surface area (Å²) in [5.41, 5.74) is 8.07. The molecule has 0 radical (unpaired) electrons. The van der Waals surface area contributed by atoms with Crippen molar-refractivity contribution < 1.29 is 4.79 Å². The van der Waals surface area contributed by atoms with Gasteiger partial charge in [0, 0.05) is 31.4 Å². The Labute approximate surface area is 182 Å². The normalized spacial score (nSPS) is 14.7. The molecular formula is C19H23Cl4N3O. The fourth-order valence-corrected chi connectivity index (χ4v) is 3.42. The highest BCUT2D eigenvalue weighted by Gasteiger charge is 2.22. The van der Waals surface area contributed by atoms with E-state index in [-0.39, 0.29) is 36.8 Å². The molecule has 1 saturated heterocycles. The Bertz CT molecular complexity index is 764. The molecule has 4 nitrogen and oxygen atoms in total. The van der Waals surface area contributed by atoms with Gasteiger partial charge in [0.2, 0.25) is 0 Å². The Morgan fingerprint density at radius 2 is 1.74 bits per heavy atom. The highest BCUT2D eigenvalue weighted by molar-refractivity contribution is 6.42. The smallest absolute Gasteiger partial charge is 0.253 e. The lowest BCUT2D eigenvalue weighted by molar-refractivity contribution is 0.0910. The molecule has 1 fully saturated rings. The number of nitrogens with one attached hydrogen (secondary N) is 1. The van der Waals surface area contributed by atoms with Gasteiger partial charge in [-0.3, -0.25) is 9.69 Å². The Balaban J connectivity index is 0.00000182. The monoisotopic (exact) mass is 449 g/mol. The van der Waals surface area contributed by atoms with E-state index in [2.05, 4.69) is 10.2 Å². The van der Waals surface area contributed by atoms with E-state index in [1.165, 1.54) is 0 Å². The highest BCUT2D eigenvalue weighted by Crippen LogP contribution is 2.24. The number of nitrogens with two attached hydrogens (primary N) is 1. The van der Waals surface area contributed by atoms with Crippen LogP contribution in [0.15, 0.2) is 42.5 Å². The summed E-state index contributed by atoms with van der Waals surface area (Å²) in [5.74, 6) is -0.0963. The van der Waals surface area contributed by atoms with E-state index in [1.54, 1.807) is 12.1 Å². The van der Waals surface area contributed by atoms with Gasteiger partial charge >= 0.3 is 0 Å². The molecule has 1 aliphatic rings. The number of amides is 1. The molecular weight excluding hydrogens is 428 g/mol. The van der Waals surface area contributed by atoms with Crippen LogP contribution in [0.25, 0.3) is 0 Å². The number of halogens is 4. The van der Waals surface area contributed by atoms with E-state index in [9.17, 15) is 4.79 Å². The summed E-state index contributed by atoms with van der Waals surface area (Å²) in [6, 6.07) is 13.1. The number of hydrogen-bond acceptors (Lipinski definition) is 3. The van der Waals surface area contributed by atoms with Crippen molar-refractivity contribution in [2.45, 2.75) is 25.4 Å². The second kappa shape index (κ2) is 11.0. The number of benzene rings is 2. The first-order valence-corrected chi connectivity index (χ1v) is 9.10. The van der Waals surface area contributed by atoms with E-state index in [4.69, 9.17) is 28.9 Å². The lowest BCUT2D eigenvalue weighted by atomic mass is 10.0. The third-order valence-corrected chi connectivity index (χ3v) is 5.26. The molecule has 0 aliphatic carbocycles. The van der Waals surface area contributed by atoms with Crippen LogP contribution < -0.4 is 11.1 Å². The Kier molecular flexibility index (Phi) is 9.71. The van der Waals surface area contributed by atoms with Gasteiger partial charge < -0.3 is 11.1 Å². The molecule has 0 saturated carbocycles. The molecule has 0 atom stereocenters. The summed E-state index contributed by atoms with van der Waals surface area (Å²) in [7, 11) is 0. The summed E-state index contributed by atoms with van der Waals surface area (Å²) in [4.78, 5) is 14.7. The van der Waals surface area contributed by atoms with Crippen LogP contribution in [0.4, 0.5) is 5.69 Å². The van der Waals surface area contributed by atoms with Gasteiger partial charge in [0.25, 0.3) is 5.91 Å². The maximum absolute atomic E-state index is 12.3. The van der Waals surface area contributed by atoms with Gasteiger partial charge in [-0.15, -0.1) is 24.8 Å². The molecule has 148 valence electrons. The van der Waals surface area contributed by atoms with Crippen LogP contribution in [0.2, 0.25) is 10.0 Å². The SMILES string of the molecule is Cl.Cl.Nc1ccccc1C(=O)NC1CCN(Cc2ccc(Cl)c(Cl)c2)CC1. The molecule has 1 heterocycles. The van der Waals surface area contributed by atoms with Crippen molar-refractivity contribution in [1.29, 1.82) is 0 Å². The zero-order valence-corrected chi connectivity index (χ0v) is 17.8. The van der Waals surface area contributed by atoms with Crippen LogP contribution in [0.5, 0.6) is 0 Å². The largest absolute Gasteiger partial charge is 0.398 e. The van der Waals surface area contributed by atoms with Gasteiger partial charge in [0.05, 0.1) is 15.6 Å². The Hall–Kier alpha value is -1.17. The minimum atomic E-state index is -0.0963. The molecule has 2 aromatic rings. The number of carbonyl (C=O) groups excluding carboxylic acids is 1. The summed E-state index contributed by atoms with van der Waals surface area (Å²) < 4.78 is 0. The summed E-state index contributed by atoms with van der Waals surface area (Å²) in [6.45, 7) is 2.69. The molecule has 1 amide bonds. The summed E-state index contributed by atoms with van der Waals surface area (Å²) in [5, 5.41) is 4.25. The van der Waals surface area contributed by atoms with Crippen LogP contribution in [-0.4, -0.2) is 29.9 Å². The molecule has 0 aromatic heterocycles. The number of para-hydroxylation sites is 1. The minimum absolute atomic E-state index is 0. The van der Waals surface area contributed by atoms with Gasteiger partial charge in [-0.1, -0.05) is 41.4 Å². The van der Waals surface area contributed by atoms with Crippen LogP contribution in [0.3, 0.4) is 0 Å².